The van der Waals surface area contributed by atoms with Gasteiger partial charge in [0.1, 0.15) is 5.82 Å². The van der Waals surface area contributed by atoms with E-state index in [0.717, 1.165) is 31.0 Å². The minimum atomic E-state index is -4.83. The zero-order valence-corrected chi connectivity index (χ0v) is 23.2. The van der Waals surface area contributed by atoms with Crippen LogP contribution in [0.3, 0.4) is 0 Å². The quantitative estimate of drug-likeness (QED) is 0.334. The number of benzene rings is 3. The highest BCUT2D eigenvalue weighted by Gasteiger charge is 2.50. The SMILES string of the molecule is COCC1C(c2ccc(-c3cccc(F)c3C(F)(F)F)cc2)[C@@H]2CN(S(=O)(=O)c3ccccc3C)CCCCN12. The minimum Gasteiger partial charge on any atom is -0.383 e. The van der Waals surface area contributed by atoms with Crippen LogP contribution < -0.4 is 0 Å². The largest absolute Gasteiger partial charge is 0.419 e. The predicted molar refractivity (Wildman–Crippen MR) is 145 cm³/mol. The molecule has 214 valence electrons. The molecule has 5 nitrogen and oxygen atoms in total. The van der Waals surface area contributed by atoms with Gasteiger partial charge in [-0.2, -0.15) is 17.5 Å². The fourth-order valence-electron chi connectivity index (χ4n) is 6.20. The van der Waals surface area contributed by atoms with E-state index in [2.05, 4.69) is 4.90 Å². The van der Waals surface area contributed by atoms with Crippen LogP contribution in [-0.4, -0.2) is 63.1 Å². The highest BCUT2D eigenvalue weighted by Crippen LogP contribution is 2.44. The summed E-state index contributed by atoms with van der Waals surface area (Å²) in [6, 6.07) is 16.9. The lowest BCUT2D eigenvalue weighted by atomic mass is 9.74. The molecule has 0 radical (unpaired) electrons. The summed E-state index contributed by atoms with van der Waals surface area (Å²) in [5.74, 6) is -1.40. The van der Waals surface area contributed by atoms with Crippen LogP contribution in [0.2, 0.25) is 0 Å². The summed E-state index contributed by atoms with van der Waals surface area (Å²) >= 11 is 0. The second-order valence-corrected chi connectivity index (χ2v) is 12.4. The van der Waals surface area contributed by atoms with E-state index in [-0.39, 0.29) is 29.1 Å². The van der Waals surface area contributed by atoms with Crippen molar-refractivity contribution in [3.8, 4) is 11.1 Å². The molecule has 0 bridgehead atoms. The first-order valence-electron chi connectivity index (χ1n) is 13.3. The van der Waals surface area contributed by atoms with Crippen molar-refractivity contribution in [2.75, 3.05) is 33.4 Å². The molecule has 3 aromatic carbocycles. The first-order valence-corrected chi connectivity index (χ1v) is 14.7. The fourth-order valence-corrected chi connectivity index (χ4v) is 7.92. The number of fused-ring (bicyclic) bond motifs is 1. The number of methoxy groups -OCH3 is 1. The van der Waals surface area contributed by atoms with E-state index in [0.29, 0.717) is 30.2 Å². The van der Waals surface area contributed by atoms with Gasteiger partial charge in [-0.25, -0.2) is 12.8 Å². The highest BCUT2D eigenvalue weighted by molar-refractivity contribution is 7.89. The van der Waals surface area contributed by atoms with Gasteiger partial charge in [0.15, 0.2) is 0 Å². The third-order valence-electron chi connectivity index (χ3n) is 8.10. The maximum Gasteiger partial charge on any atom is 0.419 e. The highest BCUT2D eigenvalue weighted by atomic mass is 32.2. The minimum absolute atomic E-state index is 0.00173. The van der Waals surface area contributed by atoms with Crippen molar-refractivity contribution in [3.63, 3.8) is 0 Å². The van der Waals surface area contributed by atoms with E-state index in [4.69, 9.17) is 4.74 Å². The van der Waals surface area contributed by atoms with Crippen LogP contribution in [0.15, 0.2) is 71.6 Å². The van der Waals surface area contributed by atoms with E-state index >= 15 is 0 Å². The smallest absolute Gasteiger partial charge is 0.383 e. The molecule has 5 rings (SSSR count). The number of aryl methyl sites for hydroxylation is 1. The van der Waals surface area contributed by atoms with Crippen LogP contribution in [0.1, 0.15) is 35.4 Å². The van der Waals surface area contributed by atoms with Crippen molar-refractivity contribution >= 4 is 10.0 Å². The van der Waals surface area contributed by atoms with E-state index in [1.807, 2.05) is 6.07 Å². The van der Waals surface area contributed by atoms with Crippen molar-refractivity contribution in [1.29, 1.82) is 0 Å². The third kappa shape index (κ3) is 5.30. The maximum atomic E-state index is 14.2. The lowest BCUT2D eigenvalue weighted by Crippen LogP contribution is -2.68. The van der Waals surface area contributed by atoms with Gasteiger partial charge in [0.05, 0.1) is 17.1 Å². The van der Waals surface area contributed by atoms with Gasteiger partial charge in [0.2, 0.25) is 10.0 Å². The third-order valence-corrected chi connectivity index (χ3v) is 10.1. The van der Waals surface area contributed by atoms with Gasteiger partial charge in [-0.3, -0.25) is 4.90 Å². The normalized spacial score (nSPS) is 22.7. The molecule has 2 fully saturated rings. The Labute approximate surface area is 232 Å². The number of sulfonamides is 1. The monoisotopic (exact) mass is 576 g/mol. The molecule has 2 aliphatic heterocycles. The Morgan fingerprint density at radius 1 is 0.950 bits per heavy atom. The van der Waals surface area contributed by atoms with E-state index in [9.17, 15) is 26.0 Å². The molecule has 3 atom stereocenters. The van der Waals surface area contributed by atoms with Crippen LogP contribution in [0.4, 0.5) is 17.6 Å². The van der Waals surface area contributed by atoms with Crippen LogP contribution in [0, 0.1) is 12.7 Å². The van der Waals surface area contributed by atoms with Gasteiger partial charge in [-0.05, 0) is 60.7 Å². The molecule has 0 amide bonds. The number of halogens is 4. The molecule has 3 aromatic rings. The van der Waals surface area contributed by atoms with Crippen molar-refractivity contribution in [1.82, 2.24) is 9.21 Å². The molecule has 0 spiro atoms. The molecule has 2 saturated heterocycles. The molecule has 2 unspecified atom stereocenters. The van der Waals surface area contributed by atoms with E-state index < -0.39 is 27.6 Å². The molecular formula is C30H32F4N2O3S. The Hall–Kier alpha value is -2.79. The van der Waals surface area contributed by atoms with Crippen molar-refractivity contribution in [3.05, 3.63) is 89.2 Å². The zero-order valence-electron chi connectivity index (χ0n) is 22.4. The topological polar surface area (TPSA) is 49.9 Å². The van der Waals surface area contributed by atoms with Gasteiger partial charge >= 0.3 is 6.18 Å². The van der Waals surface area contributed by atoms with Crippen LogP contribution in [0.25, 0.3) is 11.1 Å². The average Bonchev–Trinajstić information content (AvgIpc) is 2.89. The predicted octanol–water partition coefficient (Wildman–Crippen LogP) is 6.09. The molecule has 2 heterocycles. The second-order valence-electron chi connectivity index (χ2n) is 10.5. The summed E-state index contributed by atoms with van der Waals surface area (Å²) in [4.78, 5) is 2.59. The molecule has 40 heavy (non-hydrogen) atoms. The Kier molecular flexibility index (Phi) is 8.07. The van der Waals surface area contributed by atoms with Crippen molar-refractivity contribution in [2.45, 2.75) is 48.8 Å². The number of ether oxygens (including phenoxy) is 1. The summed E-state index contributed by atoms with van der Waals surface area (Å²) in [7, 11) is -2.10. The number of hydrogen-bond donors (Lipinski definition) is 0. The molecule has 0 aromatic heterocycles. The number of hydrogen-bond acceptors (Lipinski definition) is 4. The van der Waals surface area contributed by atoms with Gasteiger partial charge in [0.25, 0.3) is 0 Å². The van der Waals surface area contributed by atoms with E-state index in [1.165, 1.54) is 12.1 Å². The molecule has 10 heteroatoms. The van der Waals surface area contributed by atoms with Crippen LogP contribution in [-0.2, 0) is 20.9 Å². The van der Waals surface area contributed by atoms with Crippen molar-refractivity contribution < 1.29 is 30.7 Å². The summed E-state index contributed by atoms with van der Waals surface area (Å²) in [6.07, 6.45) is -3.26. The maximum absolute atomic E-state index is 14.2. The Morgan fingerprint density at radius 2 is 1.65 bits per heavy atom. The summed E-state index contributed by atoms with van der Waals surface area (Å²) in [6.45, 7) is 3.75. The van der Waals surface area contributed by atoms with E-state index in [1.54, 1.807) is 60.8 Å². The van der Waals surface area contributed by atoms with Crippen LogP contribution >= 0.6 is 0 Å². The lowest BCUT2D eigenvalue weighted by molar-refractivity contribution is -0.139. The van der Waals surface area contributed by atoms with Gasteiger partial charge < -0.3 is 4.74 Å². The Morgan fingerprint density at radius 3 is 2.33 bits per heavy atom. The van der Waals surface area contributed by atoms with Gasteiger partial charge in [-0.15, -0.1) is 0 Å². The molecule has 0 N–H and O–H groups in total. The van der Waals surface area contributed by atoms with Gasteiger partial charge in [-0.1, -0.05) is 54.6 Å². The Bertz CT molecular complexity index is 1460. The van der Waals surface area contributed by atoms with Crippen molar-refractivity contribution in [2.24, 2.45) is 0 Å². The molecular weight excluding hydrogens is 544 g/mol. The number of nitrogens with zero attached hydrogens (tertiary/aromatic N) is 2. The van der Waals surface area contributed by atoms with Gasteiger partial charge in [0, 0.05) is 38.2 Å². The number of rotatable bonds is 6. The summed E-state index contributed by atoms with van der Waals surface area (Å²) in [5, 5.41) is 0. The molecule has 2 aliphatic rings. The molecule has 0 saturated carbocycles. The first kappa shape index (κ1) is 28.7. The standard InChI is InChI=1S/C30H32F4N2O3S/c1-20-8-3-4-11-27(20)40(37,38)35-16-5-6-17-36-25(18-35)28(26(36)19-39-2)22-14-12-21(13-15-22)23-9-7-10-24(31)29(23)30(32,33)34/h3-4,7-15,25-26,28H,5-6,16-19H2,1-2H3/t25-,26?,28?/m0/s1. The van der Waals surface area contributed by atoms with Crippen LogP contribution in [0.5, 0.6) is 0 Å². The zero-order chi connectivity index (χ0) is 28.7. The Balaban J connectivity index is 1.47. The summed E-state index contributed by atoms with van der Waals surface area (Å²) in [5.41, 5.74) is 0.327. The average molecular weight is 577 g/mol. The fraction of sp³-hybridized carbons (Fsp3) is 0.400. The lowest BCUT2D eigenvalue weighted by Gasteiger charge is -2.57. The molecule has 0 aliphatic carbocycles. The summed E-state index contributed by atoms with van der Waals surface area (Å²) < 4.78 is 89.6. The second kappa shape index (κ2) is 11.2. The number of alkyl halides is 3. The first-order chi connectivity index (χ1) is 19.0.